The van der Waals surface area contributed by atoms with Gasteiger partial charge in [-0.15, -0.1) is 10.2 Å². The molecule has 0 atom stereocenters. The average Bonchev–Trinajstić information content (AvgIpc) is 3.13. The van der Waals surface area contributed by atoms with Crippen LogP contribution in [-0.4, -0.2) is 29.2 Å². The zero-order valence-corrected chi connectivity index (χ0v) is 14.3. The van der Waals surface area contributed by atoms with E-state index < -0.39 is 11.7 Å². The van der Waals surface area contributed by atoms with Gasteiger partial charge in [0, 0.05) is 19.0 Å². The second-order valence-electron chi connectivity index (χ2n) is 5.84. The van der Waals surface area contributed by atoms with Crippen LogP contribution < -0.4 is 10.2 Å². The number of piperidine rings is 1. The van der Waals surface area contributed by atoms with Gasteiger partial charge in [0.25, 0.3) is 0 Å². The molecular formula is C16H14F3N5OS. The molecule has 0 saturated carbocycles. The average molecular weight is 381 g/mol. The first-order chi connectivity index (χ1) is 12.4. The second-order valence-corrected chi connectivity index (χ2v) is 6.67. The number of carbonyl (C=O) groups is 1. The molecule has 2 aromatic rings. The predicted molar refractivity (Wildman–Crippen MR) is 89.6 cm³/mol. The molecule has 2 heterocycles. The maximum absolute atomic E-state index is 12.8. The normalized spacial score (nSPS) is 15.5. The lowest BCUT2D eigenvalue weighted by atomic mass is 9.95. The number of nitrogens with zero attached hydrogens (tertiary/aromatic N) is 4. The van der Waals surface area contributed by atoms with Crippen LogP contribution in [0.2, 0.25) is 0 Å². The lowest BCUT2D eigenvalue weighted by Crippen LogP contribution is -2.38. The van der Waals surface area contributed by atoms with Crippen molar-refractivity contribution in [2.75, 3.05) is 23.3 Å². The van der Waals surface area contributed by atoms with Gasteiger partial charge in [0.05, 0.1) is 16.8 Å². The number of anilines is 2. The Morgan fingerprint density at radius 2 is 2.08 bits per heavy atom. The fourth-order valence-corrected chi connectivity index (χ4v) is 3.34. The fourth-order valence-electron chi connectivity index (χ4n) is 2.90. The van der Waals surface area contributed by atoms with Crippen molar-refractivity contribution in [3.05, 3.63) is 34.8 Å². The van der Waals surface area contributed by atoms with Gasteiger partial charge in [-0.2, -0.15) is 18.4 Å². The van der Waals surface area contributed by atoms with Crippen LogP contribution in [-0.2, 0) is 11.0 Å². The first-order valence-corrected chi connectivity index (χ1v) is 8.70. The number of halogens is 3. The largest absolute Gasteiger partial charge is 0.416 e. The van der Waals surface area contributed by atoms with E-state index in [-0.39, 0.29) is 17.4 Å². The molecule has 1 N–H and O–H groups in total. The van der Waals surface area contributed by atoms with Gasteiger partial charge in [0.2, 0.25) is 11.0 Å². The highest BCUT2D eigenvalue weighted by molar-refractivity contribution is 7.13. The van der Waals surface area contributed by atoms with Gasteiger partial charge in [-0.3, -0.25) is 4.79 Å². The van der Waals surface area contributed by atoms with Crippen molar-refractivity contribution in [1.29, 1.82) is 5.26 Å². The van der Waals surface area contributed by atoms with E-state index in [2.05, 4.69) is 15.5 Å². The van der Waals surface area contributed by atoms with Crippen molar-refractivity contribution in [1.82, 2.24) is 10.2 Å². The third-order valence-electron chi connectivity index (χ3n) is 4.24. The molecule has 1 amide bonds. The Labute approximate surface area is 151 Å². The summed E-state index contributed by atoms with van der Waals surface area (Å²) in [5.74, 6) is -0.357. The molecule has 0 aliphatic carbocycles. The number of nitriles is 1. The first kappa shape index (κ1) is 18.1. The molecule has 6 nitrogen and oxygen atoms in total. The van der Waals surface area contributed by atoms with Crippen molar-refractivity contribution >= 4 is 28.1 Å². The van der Waals surface area contributed by atoms with Crippen LogP contribution >= 0.6 is 11.3 Å². The monoisotopic (exact) mass is 381 g/mol. The Hall–Kier alpha value is -2.67. The molecule has 0 bridgehead atoms. The Morgan fingerprint density at radius 3 is 2.65 bits per heavy atom. The summed E-state index contributed by atoms with van der Waals surface area (Å²) >= 11 is 1.23. The highest BCUT2D eigenvalue weighted by Crippen LogP contribution is 2.34. The molecular weight excluding hydrogens is 367 g/mol. The van der Waals surface area contributed by atoms with Crippen molar-refractivity contribution in [3.8, 4) is 6.07 Å². The number of aromatic nitrogens is 2. The lowest BCUT2D eigenvalue weighted by Gasteiger charge is -2.33. The summed E-state index contributed by atoms with van der Waals surface area (Å²) in [6, 6.07) is 5.00. The van der Waals surface area contributed by atoms with Gasteiger partial charge < -0.3 is 10.2 Å². The summed E-state index contributed by atoms with van der Waals surface area (Å²) in [5, 5.41) is 19.8. The van der Waals surface area contributed by atoms with Crippen LogP contribution in [0.25, 0.3) is 0 Å². The maximum atomic E-state index is 12.8. The van der Waals surface area contributed by atoms with Crippen molar-refractivity contribution in [2.45, 2.75) is 19.0 Å². The molecule has 1 fully saturated rings. The molecule has 3 rings (SSSR count). The van der Waals surface area contributed by atoms with Gasteiger partial charge in [-0.25, -0.2) is 0 Å². The van der Waals surface area contributed by atoms with E-state index >= 15 is 0 Å². The Bertz CT molecular complexity index is 823. The van der Waals surface area contributed by atoms with Gasteiger partial charge in [-0.1, -0.05) is 11.3 Å². The van der Waals surface area contributed by atoms with E-state index in [1.165, 1.54) is 22.9 Å². The molecule has 10 heteroatoms. The first-order valence-electron chi connectivity index (χ1n) is 7.82. The van der Waals surface area contributed by atoms with E-state index in [1.807, 2.05) is 11.0 Å². The van der Waals surface area contributed by atoms with E-state index in [9.17, 15) is 23.2 Å². The quantitative estimate of drug-likeness (QED) is 0.882. The molecule has 1 aromatic carbocycles. The van der Waals surface area contributed by atoms with Crippen molar-refractivity contribution in [3.63, 3.8) is 0 Å². The van der Waals surface area contributed by atoms with E-state index in [1.54, 1.807) is 0 Å². The summed E-state index contributed by atoms with van der Waals surface area (Å²) in [7, 11) is 0. The number of nitrogens with one attached hydrogen (secondary N) is 1. The third kappa shape index (κ3) is 3.94. The molecule has 1 aliphatic rings. The number of hydrogen-bond acceptors (Lipinski definition) is 6. The molecule has 136 valence electrons. The number of carbonyl (C=O) groups excluding carboxylic acids is 1. The summed E-state index contributed by atoms with van der Waals surface area (Å²) in [4.78, 5) is 14.1. The topological polar surface area (TPSA) is 81.9 Å². The van der Waals surface area contributed by atoms with Crippen LogP contribution in [0.15, 0.2) is 23.7 Å². The fraction of sp³-hybridized carbons (Fsp3) is 0.375. The molecule has 0 unspecified atom stereocenters. The van der Waals surface area contributed by atoms with Crippen LogP contribution in [0.4, 0.5) is 24.0 Å². The third-order valence-corrected chi connectivity index (χ3v) is 4.85. The number of hydrogen-bond donors (Lipinski definition) is 1. The van der Waals surface area contributed by atoms with Gasteiger partial charge in [0.1, 0.15) is 11.6 Å². The number of rotatable bonds is 3. The van der Waals surface area contributed by atoms with Crippen LogP contribution in [0.5, 0.6) is 0 Å². The van der Waals surface area contributed by atoms with E-state index in [0.717, 1.165) is 12.1 Å². The highest BCUT2D eigenvalue weighted by Gasteiger charge is 2.32. The van der Waals surface area contributed by atoms with Crippen LogP contribution in [0, 0.1) is 17.2 Å². The molecule has 1 saturated heterocycles. The van der Waals surface area contributed by atoms with E-state index in [4.69, 9.17) is 0 Å². The summed E-state index contributed by atoms with van der Waals surface area (Å²) in [6.45, 7) is 0.961. The lowest BCUT2D eigenvalue weighted by molar-refractivity contribution is -0.137. The predicted octanol–water partition coefficient (Wildman–Crippen LogP) is 3.28. The summed E-state index contributed by atoms with van der Waals surface area (Å²) in [6.07, 6.45) is -3.41. The zero-order valence-electron chi connectivity index (χ0n) is 13.5. The number of amides is 1. The molecule has 0 spiro atoms. The SMILES string of the molecule is N#Cc1cc(C(F)(F)F)ccc1N1CCC(C(=O)Nc2nncs2)CC1. The van der Waals surface area contributed by atoms with Gasteiger partial charge in [-0.05, 0) is 31.0 Å². The van der Waals surface area contributed by atoms with Crippen LogP contribution in [0.1, 0.15) is 24.0 Å². The minimum atomic E-state index is -4.49. The minimum absolute atomic E-state index is 0.0170. The molecule has 0 radical (unpaired) electrons. The number of benzene rings is 1. The summed E-state index contributed by atoms with van der Waals surface area (Å²) < 4.78 is 38.4. The van der Waals surface area contributed by atoms with E-state index in [0.29, 0.717) is 36.8 Å². The van der Waals surface area contributed by atoms with Crippen molar-refractivity contribution < 1.29 is 18.0 Å². The Balaban J connectivity index is 1.66. The summed E-state index contributed by atoms with van der Waals surface area (Å²) in [5.41, 5.74) is 1.12. The van der Waals surface area contributed by atoms with Gasteiger partial charge in [0.15, 0.2) is 0 Å². The van der Waals surface area contributed by atoms with Gasteiger partial charge >= 0.3 is 6.18 Å². The molecule has 26 heavy (non-hydrogen) atoms. The smallest absolute Gasteiger partial charge is 0.370 e. The Kier molecular flexibility index (Phi) is 5.08. The minimum Gasteiger partial charge on any atom is -0.370 e. The highest BCUT2D eigenvalue weighted by atomic mass is 32.1. The standard InChI is InChI=1S/C16H14F3N5OS/c17-16(18,19)12-1-2-13(11(7-12)8-20)24-5-3-10(4-6-24)14(25)22-15-23-21-9-26-15/h1-2,7,9-10H,3-6H2,(H,22,23,25). The molecule has 1 aliphatic heterocycles. The number of alkyl halides is 3. The zero-order chi connectivity index (χ0) is 18.7. The maximum Gasteiger partial charge on any atom is 0.416 e. The van der Waals surface area contributed by atoms with Crippen LogP contribution in [0.3, 0.4) is 0 Å². The van der Waals surface area contributed by atoms with Crippen molar-refractivity contribution in [2.24, 2.45) is 5.92 Å². The molecule has 1 aromatic heterocycles. The second kappa shape index (κ2) is 7.29. The Morgan fingerprint density at radius 1 is 1.35 bits per heavy atom.